The van der Waals surface area contributed by atoms with Crippen LogP contribution < -0.4 is 10.6 Å². The minimum absolute atomic E-state index is 0.132. The van der Waals surface area contributed by atoms with Crippen LogP contribution in [-0.4, -0.2) is 56.2 Å². The highest BCUT2D eigenvalue weighted by molar-refractivity contribution is 5.76. The summed E-state index contributed by atoms with van der Waals surface area (Å²) in [6.45, 7) is 10.1. The molecule has 1 aromatic heterocycles. The summed E-state index contributed by atoms with van der Waals surface area (Å²) in [5.41, 5.74) is 3.44. The Labute approximate surface area is 186 Å². The zero-order chi connectivity index (χ0) is 22.4. The minimum atomic E-state index is 0.132. The molecule has 6 heteroatoms. The van der Waals surface area contributed by atoms with E-state index < -0.39 is 0 Å². The van der Waals surface area contributed by atoms with Crippen molar-refractivity contribution in [3.8, 4) is 11.3 Å². The van der Waals surface area contributed by atoms with E-state index in [0.29, 0.717) is 24.8 Å². The van der Waals surface area contributed by atoms with Crippen molar-refractivity contribution in [2.75, 3.05) is 40.3 Å². The first-order valence-corrected chi connectivity index (χ1v) is 11.4. The number of hydrogen-bond donors (Lipinski definition) is 2. The van der Waals surface area contributed by atoms with E-state index in [2.05, 4.69) is 71.8 Å². The van der Waals surface area contributed by atoms with E-state index in [1.165, 1.54) is 5.56 Å². The highest BCUT2D eigenvalue weighted by Crippen LogP contribution is 2.29. The number of rotatable bonds is 8. The summed E-state index contributed by atoms with van der Waals surface area (Å²) < 4.78 is 5.66. The van der Waals surface area contributed by atoms with Crippen molar-refractivity contribution in [1.29, 1.82) is 0 Å². The SMILES string of the molecule is CN(C)CCNC(=O)CC1CCNCC1Cc1cc(-c2ccc(C(C)(C)C)cc2)on1. The summed E-state index contributed by atoms with van der Waals surface area (Å²) in [7, 11) is 4.03. The second kappa shape index (κ2) is 10.4. The Morgan fingerprint density at radius 1 is 1.23 bits per heavy atom. The van der Waals surface area contributed by atoms with Crippen molar-refractivity contribution < 1.29 is 9.32 Å². The van der Waals surface area contributed by atoms with Crippen molar-refractivity contribution in [3.63, 3.8) is 0 Å². The molecule has 1 aliphatic heterocycles. The fraction of sp³-hybridized carbons (Fsp3) is 0.600. The van der Waals surface area contributed by atoms with Crippen molar-refractivity contribution in [3.05, 3.63) is 41.6 Å². The number of amides is 1. The molecule has 31 heavy (non-hydrogen) atoms. The summed E-state index contributed by atoms with van der Waals surface area (Å²) >= 11 is 0. The standard InChI is InChI=1S/C25H38N4O2/c1-25(2,3)21-8-6-18(7-9-21)23-16-22(28-31-23)14-20-17-26-11-10-19(20)15-24(30)27-12-13-29(4)5/h6-9,16,19-20,26H,10-15,17H2,1-5H3,(H,27,30). The first-order valence-electron chi connectivity index (χ1n) is 11.4. The largest absolute Gasteiger partial charge is 0.356 e. The molecule has 6 nitrogen and oxygen atoms in total. The van der Waals surface area contributed by atoms with Gasteiger partial charge in [0.2, 0.25) is 5.91 Å². The topological polar surface area (TPSA) is 70.4 Å². The Kier molecular flexibility index (Phi) is 7.89. The van der Waals surface area contributed by atoms with Crippen molar-refractivity contribution in [2.45, 2.75) is 45.4 Å². The number of benzene rings is 1. The number of piperidine rings is 1. The Balaban J connectivity index is 1.59. The maximum Gasteiger partial charge on any atom is 0.220 e. The Morgan fingerprint density at radius 2 is 1.97 bits per heavy atom. The molecule has 2 unspecified atom stereocenters. The summed E-state index contributed by atoms with van der Waals surface area (Å²) in [4.78, 5) is 14.5. The first kappa shape index (κ1) is 23.5. The van der Waals surface area contributed by atoms with Crippen LogP contribution in [0.1, 0.15) is 44.9 Å². The van der Waals surface area contributed by atoms with Crippen molar-refractivity contribution >= 4 is 5.91 Å². The summed E-state index contributed by atoms with van der Waals surface area (Å²) in [5.74, 6) is 1.71. The molecule has 1 amide bonds. The smallest absolute Gasteiger partial charge is 0.220 e. The molecule has 1 aliphatic rings. The third kappa shape index (κ3) is 6.91. The van der Waals surface area contributed by atoms with E-state index >= 15 is 0 Å². The zero-order valence-electron chi connectivity index (χ0n) is 19.7. The number of nitrogens with one attached hydrogen (secondary N) is 2. The number of nitrogens with zero attached hydrogens (tertiary/aromatic N) is 2. The van der Waals surface area contributed by atoms with Gasteiger partial charge in [0.1, 0.15) is 0 Å². The second-order valence-corrected chi connectivity index (χ2v) is 10.1. The average Bonchev–Trinajstić information content (AvgIpc) is 3.17. The summed E-state index contributed by atoms with van der Waals surface area (Å²) in [6, 6.07) is 10.6. The van der Waals surface area contributed by atoms with Crippen LogP contribution in [0, 0.1) is 11.8 Å². The molecule has 0 spiro atoms. The van der Waals surface area contributed by atoms with Crippen LogP contribution in [-0.2, 0) is 16.6 Å². The maximum absolute atomic E-state index is 12.4. The molecule has 0 bridgehead atoms. The number of carbonyl (C=O) groups is 1. The molecular weight excluding hydrogens is 388 g/mol. The van der Waals surface area contributed by atoms with E-state index in [4.69, 9.17) is 4.52 Å². The molecule has 0 aliphatic carbocycles. The monoisotopic (exact) mass is 426 g/mol. The van der Waals surface area contributed by atoms with Gasteiger partial charge in [0.15, 0.2) is 5.76 Å². The van der Waals surface area contributed by atoms with Crippen LogP contribution in [0.2, 0.25) is 0 Å². The first-order chi connectivity index (χ1) is 14.7. The molecule has 0 saturated carbocycles. The van der Waals surface area contributed by atoms with Gasteiger partial charge in [0.25, 0.3) is 0 Å². The van der Waals surface area contributed by atoms with Crippen LogP contribution in [0.5, 0.6) is 0 Å². The van der Waals surface area contributed by atoms with E-state index in [9.17, 15) is 4.79 Å². The molecule has 2 atom stereocenters. The summed E-state index contributed by atoms with van der Waals surface area (Å²) in [6.07, 6.45) is 2.43. The molecule has 2 aromatic rings. The number of likely N-dealkylation sites (N-methyl/N-ethyl adjacent to an activating group) is 1. The highest BCUT2D eigenvalue weighted by Gasteiger charge is 2.28. The van der Waals surface area contributed by atoms with Gasteiger partial charge in [-0.3, -0.25) is 4.79 Å². The number of carbonyl (C=O) groups excluding carboxylic acids is 1. The van der Waals surface area contributed by atoms with Gasteiger partial charge < -0.3 is 20.1 Å². The van der Waals surface area contributed by atoms with Gasteiger partial charge in [-0.2, -0.15) is 0 Å². The lowest BCUT2D eigenvalue weighted by molar-refractivity contribution is -0.122. The van der Waals surface area contributed by atoms with Gasteiger partial charge in [0.05, 0.1) is 5.69 Å². The fourth-order valence-electron chi connectivity index (χ4n) is 4.16. The van der Waals surface area contributed by atoms with Gasteiger partial charge in [-0.25, -0.2) is 0 Å². The molecule has 2 heterocycles. The second-order valence-electron chi connectivity index (χ2n) is 10.1. The molecule has 2 N–H and O–H groups in total. The Morgan fingerprint density at radius 3 is 2.65 bits per heavy atom. The lowest BCUT2D eigenvalue weighted by atomic mass is 9.81. The molecule has 1 fully saturated rings. The average molecular weight is 427 g/mol. The van der Waals surface area contributed by atoms with Crippen LogP contribution in [0.4, 0.5) is 0 Å². The van der Waals surface area contributed by atoms with Gasteiger partial charge >= 0.3 is 0 Å². The Hall–Kier alpha value is -2.18. The van der Waals surface area contributed by atoms with E-state index in [1.54, 1.807) is 0 Å². The fourth-order valence-corrected chi connectivity index (χ4v) is 4.16. The quantitative estimate of drug-likeness (QED) is 0.676. The van der Waals surface area contributed by atoms with Crippen LogP contribution >= 0.6 is 0 Å². The molecule has 1 aromatic carbocycles. The lowest BCUT2D eigenvalue weighted by Gasteiger charge is -2.31. The van der Waals surface area contributed by atoms with Gasteiger partial charge in [0, 0.05) is 31.1 Å². The number of aromatic nitrogens is 1. The molecule has 0 radical (unpaired) electrons. The molecular formula is C25H38N4O2. The maximum atomic E-state index is 12.4. The predicted octanol–water partition coefficient (Wildman–Crippen LogP) is 3.48. The molecule has 3 rings (SSSR count). The summed E-state index contributed by atoms with van der Waals surface area (Å²) in [5, 5.41) is 10.9. The molecule has 1 saturated heterocycles. The van der Waals surface area contributed by atoms with E-state index in [0.717, 1.165) is 49.5 Å². The predicted molar refractivity (Wildman–Crippen MR) is 125 cm³/mol. The van der Waals surface area contributed by atoms with Crippen molar-refractivity contribution in [1.82, 2.24) is 20.7 Å². The highest BCUT2D eigenvalue weighted by atomic mass is 16.5. The lowest BCUT2D eigenvalue weighted by Crippen LogP contribution is -2.41. The Bertz CT molecular complexity index is 836. The van der Waals surface area contributed by atoms with E-state index in [-0.39, 0.29) is 11.3 Å². The third-order valence-electron chi connectivity index (χ3n) is 6.16. The zero-order valence-corrected chi connectivity index (χ0v) is 19.7. The van der Waals surface area contributed by atoms with Gasteiger partial charge in [-0.05, 0) is 62.8 Å². The van der Waals surface area contributed by atoms with E-state index in [1.807, 2.05) is 14.1 Å². The molecule has 170 valence electrons. The van der Waals surface area contributed by atoms with Gasteiger partial charge in [-0.15, -0.1) is 0 Å². The normalized spacial score (nSPS) is 19.5. The number of hydrogen-bond acceptors (Lipinski definition) is 5. The minimum Gasteiger partial charge on any atom is -0.356 e. The third-order valence-corrected chi connectivity index (χ3v) is 6.16. The van der Waals surface area contributed by atoms with Crippen molar-refractivity contribution in [2.24, 2.45) is 11.8 Å². The van der Waals surface area contributed by atoms with Gasteiger partial charge in [-0.1, -0.05) is 50.2 Å². The van der Waals surface area contributed by atoms with Crippen LogP contribution in [0.15, 0.2) is 34.9 Å². The van der Waals surface area contributed by atoms with Crippen LogP contribution in [0.25, 0.3) is 11.3 Å². The van der Waals surface area contributed by atoms with Crippen LogP contribution in [0.3, 0.4) is 0 Å².